The lowest BCUT2D eigenvalue weighted by Crippen LogP contribution is -2.19. The largest absolute Gasteiger partial charge is 0.461 e. The maximum Gasteiger partial charge on any atom is 0.360 e. The molecule has 1 fully saturated rings. The molecule has 5 nitrogen and oxygen atoms in total. The van der Waals surface area contributed by atoms with Crippen LogP contribution in [0.15, 0.2) is 0 Å². The maximum absolute atomic E-state index is 12.0. The molecule has 1 aliphatic rings. The van der Waals surface area contributed by atoms with Gasteiger partial charge in [0.15, 0.2) is 5.69 Å². The van der Waals surface area contributed by atoms with Gasteiger partial charge in [0.1, 0.15) is 0 Å². The maximum atomic E-state index is 12.0. The summed E-state index contributed by atoms with van der Waals surface area (Å²) in [4.78, 5) is 12.0. The van der Waals surface area contributed by atoms with Gasteiger partial charge in [-0.05, 0) is 32.1 Å². The third-order valence-corrected chi connectivity index (χ3v) is 3.78. The third-order valence-electron chi connectivity index (χ3n) is 3.78. The smallest absolute Gasteiger partial charge is 0.360 e. The molecule has 0 saturated heterocycles. The highest BCUT2D eigenvalue weighted by Crippen LogP contribution is 2.29. The van der Waals surface area contributed by atoms with Gasteiger partial charge in [0.25, 0.3) is 0 Å². The average molecular weight is 279 g/mol. The topological polar surface area (TPSA) is 57.0 Å². The Bertz CT molecular complexity index is 448. The van der Waals surface area contributed by atoms with Crippen molar-refractivity contribution in [1.82, 2.24) is 15.0 Å². The summed E-state index contributed by atoms with van der Waals surface area (Å²) < 4.78 is 7.09. The Morgan fingerprint density at radius 1 is 1.35 bits per heavy atom. The van der Waals surface area contributed by atoms with Crippen molar-refractivity contribution in [3.8, 4) is 0 Å². The lowest BCUT2D eigenvalue weighted by molar-refractivity contribution is 0.0517. The van der Waals surface area contributed by atoms with Gasteiger partial charge in [0.05, 0.1) is 18.3 Å². The molecule has 1 aromatic heterocycles. The molecule has 0 aromatic carbocycles. The monoisotopic (exact) mass is 279 g/mol. The third kappa shape index (κ3) is 3.38. The zero-order valence-electron chi connectivity index (χ0n) is 12.8. The van der Waals surface area contributed by atoms with E-state index in [4.69, 9.17) is 4.74 Å². The number of ether oxygens (including phenoxy) is 1. The van der Waals surface area contributed by atoms with Gasteiger partial charge in [-0.15, -0.1) is 5.10 Å². The van der Waals surface area contributed by atoms with E-state index in [0.29, 0.717) is 24.3 Å². The van der Waals surface area contributed by atoms with Crippen LogP contribution in [0.4, 0.5) is 0 Å². The van der Waals surface area contributed by atoms with E-state index in [1.54, 1.807) is 0 Å². The van der Waals surface area contributed by atoms with E-state index < -0.39 is 0 Å². The Balaban J connectivity index is 2.28. The van der Waals surface area contributed by atoms with Crippen LogP contribution in [0.1, 0.15) is 75.1 Å². The Morgan fingerprint density at radius 2 is 2.05 bits per heavy atom. The van der Waals surface area contributed by atoms with Crippen molar-refractivity contribution in [2.24, 2.45) is 5.92 Å². The van der Waals surface area contributed by atoms with Crippen molar-refractivity contribution in [2.75, 3.05) is 6.61 Å². The van der Waals surface area contributed by atoms with E-state index in [9.17, 15) is 4.79 Å². The molecule has 0 N–H and O–H groups in total. The van der Waals surface area contributed by atoms with Crippen LogP contribution in [0.3, 0.4) is 0 Å². The molecule has 2 rings (SSSR count). The first kappa shape index (κ1) is 15.0. The molecule has 20 heavy (non-hydrogen) atoms. The Hall–Kier alpha value is -1.39. The highest BCUT2D eigenvalue weighted by molar-refractivity contribution is 5.88. The van der Waals surface area contributed by atoms with Crippen LogP contribution in [0.2, 0.25) is 0 Å². The van der Waals surface area contributed by atoms with Crippen molar-refractivity contribution in [3.63, 3.8) is 0 Å². The van der Waals surface area contributed by atoms with Crippen LogP contribution >= 0.6 is 0 Å². The Labute approximate surface area is 120 Å². The Morgan fingerprint density at radius 3 is 2.65 bits per heavy atom. The predicted octanol–water partition coefficient (Wildman–Crippen LogP) is 3.16. The normalized spacial score (nSPS) is 16.6. The molecular formula is C15H25N3O2. The zero-order valence-corrected chi connectivity index (χ0v) is 12.8. The molecular weight excluding hydrogens is 254 g/mol. The number of aromatic nitrogens is 3. The standard InChI is InChI=1S/C15H25N3O2/c1-4-20-15(19)14-13(10-11(2)3)18(17-16-14)12-8-6-5-7-9-12/h11-12H,4-10H2,1-3H3. The number of hydrogen-bond donors (Lipinski definition) is 0. The van der Waals surface area contributed by atoms with Crippen molar-refractivity contribution < 1.29 is 9.53 Å². The van der Waals surface area contributed by atoms with Gasteiger partial charge in [-0.3, -0.25) is 0 Å². The number of esters is 1. The van der Waals surface area contributed by atoms with Crippen molar-refractivity contribution in [1.29, 1.82) is 0 Å². The number of rotatable bonds is 5. The van der Waals surface area contributed by atoms with Gasteiger partial charge in [0, 0.05) is 0 Å². The summed E-state index contributed by atoms with van der Waals surface area (Å²) in [5.74, 6) is 0.120. The second-order valence-corrected chi connectivity index (χ2v) is 5.94. The van der Waals surface area contributed by atoms with Gasteiger partial charge < -0.3 is 4.74 Å². The van der Waals surface area contributed by atoms with Crippen LogP contribution in [-0.2, 0) is 11.2 Å². The molecule has 0 unspecified atom stereocenters. The SMILES string of the molecule is CCOC(=O)c1nnn(C2CCCCC2)c1CC(C)C. The summed E-state index contributed by atoms with van der Waals surface area (Å²) in [6.45, 7) is 6.47. The molecule has 112 valence electrons. The van der Waals surface area contributed by atoms with E-state index in [1.165, 1.54) is 19.3 Å². The molecule has 5 heteroatoms. The summed E-state index contributed by atoms with van der Waals surface area (Å²) in [6, 6.07) is 0.396. The number of carbonyl (C=O) groups excluding carboxylic acids is 1. The highest BCUT2D eigenvalue weighted by Gasteiger charge is 2.26. The van der Waals surface area contributed by atoms with Crippen molar-refractivity contribution in [2.45, 2.75) is 65.3 Å². The molecule has 1 heterocycles. The van der Waals surface area contributed by atoms with Crippen LogP contribution in [0.25, 0.3) is 0 Å². The highest BCUT2D eigenvalue weighted by atomic mass is 16.5. The lowest BCUT2D eigenvalue weighted by Gasteiger charge is -2.23. The van der Waals surface area contributed by atoms with Gasteiger partial charge in [0.2, 0.25) is 0 Å². The van der Waals surface area contributed by atoms with E-state index in [0.717, 1.165) is 25.0 Å². The summed E-state index contributed by atoms with van der Waals surface area (Å²) in [7, 11) is 0. The van der Waals surface area contributed by atoms with Crippen LogP contribution in [-0.4, -0.2) is 27.6 Å². The van der Waals surface area contributed by atoms with E-state index in [2.05, 4.69) is 24.2 Å². The van der Waals surface area contributed by atoms with Crippen molar-refractivity contribution >= 4 is 5.97 Å². The predicted molar refractivity (Wildman–Crippen MR) is 76.6 cm³/mol. The number of hydrogen-bond acceptors (Lipinski definition) is 4. The van der Waals surface area contributed by atoms with Crippen molar-refractivity contribution in [3.05, 3.63) is 11.4 Å². The van der Waals surface area contributed by atoms with E-state index in [1.807, 2.05) is 11.6 Å². The Kier molecular flexibility index (Phi) is 5.15. The molecule has 1 saturated carbocycles. The first-order chi connectivity index (χ1) is 9.63. The molecule has 0 aliphatic heterocycles. The fraction of sp³-hybridized carbons (Fsp3) is 0.800. The summed E-state index contributed by atoms with van der Waals surface area (Å²) in [5, 5.41) is 8.36. The minimum Gasteiger partial charge on any atom is -0.461 e. The molecule has 1 aliphatic carbocycles. The average Bonchev–Trinajstić information content (AvgIpc) is 2.83. The van der Waals surface area contributed by atoms with E-state index in [-0.39, 0.29) is 5.97 Å². The summed E-state index contributed by atoms with van der Waals surface area (Å²) >= 11 is 0. The first-order valence-electron chi connectivity index (χ1n) is 7.74. The van der Waals surface area contributed by atoms with E-state index >= 15 is 0 Å². The molecule has 0 amide bonds. The summed E-state index contributed by atoms with van der Waals surface area (Å²) in [5.41, 5.74) is 1.36. The fourth-order valence-corrected chi connectivity index (χ4v) is 2.87. The quantitative estimate of drug-likeness (QED) is 0.777. The molecule has 0 radical (unpaired) electrons. The minimum atomic E-state index is -0.342. The van der Waals surface area contributed by atoms with Crippen LogP contribution in [0, 0.1) is 5.92 Å². The van der Waals surface area contributed by atoms with Gasteiger partial charge in [-0.25, -0.2) is 9.48 Å². The lowest BCUT2D eigenvalue weighted by atomic mass is 9.95. The summed E-state index contributed by atoms with van der Waals surface area (Å²) in [6.07, 6.45) is 6.86. The van der Waals surface area contributed by atoms with Gasteiger partial charge in [-0.1, -0.05) is 38.3 Å². The molecule has 0 atom stereocenters. The fourth-order valence-electron chi connectivity index (χ4n) is 2.87. The number of nitrogens with zero attached hydrogens (tertiary/aromatic N) is 3. The molecule has 0 bridgehead atoms. The van der Waals surface area contributed by atoms with Crippen LogP contribution in [0.5, 0.6) is 0 Å². The van der Waals surface area contributed by atoms with Gasteiger partial charge in [-0.2, -0.15) is 0 Å². The molecule has 1 aromatic rings. The number of carbonyl (C=O) groups is 1. The second kappa shape index (κ2) is 6.86. The second-order valence-electron chi connectivity index (χ2n) is 5.94. The first-order valence-corrected chi connectivity index (χ1v) is 7.74. The van der Waals surface area contributed by atoms with Gasteiger partial charge >= 0.3 is 5.97 Å². The van der Waals surface area contributed by atoms with Crippen LogP contribution < -0.4 is 0 Å². The molecule has 0 spiro atoms. The minimum absolute atomic E-state index is 0.342. The zero-order chi connectivity index (χ0) is 14.5.